The summed E-state index contributed by atoms with van der Waals surface area (Å²) in [5.74, 6) is 1.56. The number of hydrogen-bond acceptors (Lipinski definition) is 2. The first-order chi connectivity index (χ1) is 12.1. The van der Waals surface area contributed by atoms with Gasteiger partial charge in [-0.25, -0.2) is 4.99 Å². The third kappa shape index (κ3) is 5.59. The minimum absolute atomic E-state index is 0.0421. The van der Waals surface area contributed by atoms with Crippen molar-refractivity contribution in [2.24, 2.45) is 22.2 Å². The van der Waals surface area contributed by atoms with Gasteiger partial charge in [0, 0.05) is 13.2 Å². The van der Waals surface area contributed by atoms with Crippen molar-refractivity contribution in [3.05, 3.63) is 85.4 Å². The van der Waals surface area contributed by atoms with Crippen molar-refractivity contribution in [1.29, 1.82) is 0 Å². The largest absolute Gasteiger partial charge is 0.336 e. The summed E-state index contributed by atoms with van der Waals surface area (Å²) >= 11 is 0. The summed E-state index contributed by atoms with van der Waals surface area (Å²) in [5, 5.41) is 0. The Bertz CT molecular complexity index is 631. The van der Waals surface area contributed by atoms with E-state index in [9.17, 15) is 0 Å². The van der Waals surface area contributed by atoms with E-state index in [0.29, 0.717) is 17.7 Å². The van der Waals surface area contributed by atoms with Crippen molar-refractivity contribution in [3.63, 3.8) is 0 Å². The van der Waals surface area contributed by atoms with Crippen LogP contribution in [-0.2, 0) is 0 Å². The molecule has 0 aromatic carbocycles. The third-order valence-corrected chi connectivity index (χ3v) is 5.38. The van der Waals surface area contributed by atoms with Crippen LogP contribution in [0.15, 0.2) is 90.4 Å². The van der Waals surface area contributed by atoms with E-state index in [1.54, 1.807) is 6.08 Å². The highest BCUT2D eigenvalue weighted by molar-refractivity contribution is 5.48. The molecule has 0 heterocycles. The van der Waals surface area contributed by atoms with Crippen LogP contribution in [0.4, 0.5) is 0 Å². The van der Waals surface area contributed by atoms with Gasteiger partial charge in [-0.05, 0) is 40.7 Å². The van der Waals surface area contributed by atoms with Crippen molar-refractivity contribution < 1.29 is 0 Å². The van der Waals surface area contributed by atoms with E-state index in [1.165, 1.54) is 5.57 Å². The van der Waals surface area contributed by atoms with Crippen LogP contribution in [0.2, 0.25) is 0 Å². The molecule has 0 aromatic rings. The molecule has 0 spiro atoms. The maximum Gasteiger partial charge on any atom is 0.124 e. The van der Waals surface area contributed by atoms with E-state index < -0.39 is 0 Å². The summed E-state index contributed by atoms with van der Waals surface area (Å²) in [6.45, 7) is 30.6. The van der Waals surface area contributed by atoms with Crippen molar-refractivity contribution >= 4 is 6.72 Å². The van der Waals surface area contributed by atoms with Crippen LogP contribution in [0.1, 0.15) is 34.6 Å². The standard InChI is InChI=1S/C24H36N2/c1-12-21(22(13-2)17-26(11)20(8)25-10)15-16-23(14-3)24(9,18(4)5)19(6)7/h12-19H,1-3,8,10H2,4-7,9,11H3/b21-15+,22-17+,23-16+. The second kappa shape index (κ2) is 10.6. The first kappa shape index (κ1) is 23.6. The van der Waals surface area contributed by atoms with Gasteiger partial charge in [0.1, 0.15) is 5.82 Å². The minimum atomic E-state index is 0.0421. The Labute approximate surface area is 161 Å². The minimum Gasteiger partial charge on any atom is -0.336 e. The third-order valence-electron chi connectivity index (χ3n) is 5.38. The predicted molar refractivity (Wildman–Crippen MR) is 119 cm³/mol. The number of hydrogen-bond donors (Lipinski definition) is 0. The molecule has 0 aliphatic carbocycles. The summed E-state index contributed by atoms with van der Waals surface area (Å²) in [6, 6.07) is 0. The Morgan fingerprint density at radius 2 is 1.42 bits per heavy atom. The quantitative estimate of drug-likeness (QED) is 0.298. The molecule has 2 heteroatoms. The fourth-order valence-electron chi connectivity index (χ4n) is 2.90. The molecule has 0 aromatic heterocycles. The highest BCUT2D eigenvalue weighted by Crippen LogP contribution is 2.42. The van der Waals surface area contributed by atoms with Gasteiger partial charge in [-0.1, -0.05) is 91.3 Å². The van der Waals surface area contributed by atoms with E-state index in [0.717, 1.165) is 11.1 Å². The van der Waals surface area contributed by atoms with Gasteiger partial charge in [0.05, 0.1) is 0 Å². The molecule has 2 nitrogen and oxygen atoms in total. The molecular formula is C24H36N2. The Hall–Kier alpha value is -2.35. The van der Waals surface area contributed by atoms with Gasteiger partial charge in [-0.2, -0.15) is 0 Å². The first-order valence-electron chi connectivity index (χ1n) is 9.00. The van der Waals surface area contributed by atoms with Crippen molar-refractivity contribution in [3.8, 4) is 0 Å². The predicted octanol–water partition coefficient (Wildman–Crippen LogP) is 6.70. The van der Waals surface area contributed by atoms with E-state index in [2.05, 4.69) is 84.8 Å². The highest BCUT2D eigenvalue weighted by Gasteiger charge is 2.34. The maximum atomic E-state index is 4.05. The molecule has 0 aliphatic rings. The van der Waals surface area contributed by atoms with Crippen LogP contribution in [-0.4, -0.2) is 18.7 Å². The molecule has 0 rings (SSSR count). The number of nitrogens with zero attached hydrogens (tertiary/aromatic N) is 2. The van der Waals surface area contributed by atoms with Gasteiger partial charge < -0.3 is 4.90 Å². The molecule has 0 unspecified atom stereocenters. The maximum absolute atomic E-state index is 4.05. The van der Waals surface area contributed by atoms with Crippen LogP contribution < -0.4 is 0 Å². The summed E-state index contributed by atoms with van der Waals surface area (Å²) in [6.07, 6.45) is 11.7. The second-order valence-corrected chi connectivity index (χ2v) is 7.22. The Kier molecular flexibility index (Phi) is 9.64. The van der Waals surface area contributed by atoms with Crippen molar-refractivity contribution in [1.82, 2.24) is 4.90 Å². The second-order valence-electron chi connectivity index (χ2n) is 7.22. The zero-order chi connectivity index (χ0) is 20.5. The summed E-state index contributed by atoms with van der Waals surface area (Å²) in [4.78, 5) is 5.66. The molecule has 142 valence electrons. The van der Waals surface area contributed by atoms with E-state index in [1.807, 2.05) is 30.3 Å². The molecule has 0 amide bonds. The number of rotatable bonds is 11. The topological polar surface area (TPSA) is 15.6 Å². The van der Waals surface area contributed by atoms with Gasteiger partial charge in [-0.15, -0.1) is 0 Å². The van der Waals surface area contributed by atoms with Crippen LogP contribution >= 0.6 is 0 Å². The van der Waals surface area contributed by atoms with Crippen molar-refractivity contribution in [2.45, 2.75) is 34.6 Å². The van der Waals surface area contributed by atoms with Gasteiger partial charge in [-0.3, -0.25) is 0 Å². The molecule has 0 fully saturated rings. The molecule has 0 saturated carbocycles. The van der Waals surface area contributed by atoms with Crippen LogP contribution in [0, 0.1) is 17.3 Å². The highest BCUT2D eigenvalue weighted by atomic mass is 15.2. The first-order valence-corrected chi connectivity index (χ1v) is 9.00. The Morgan fingerprint density at radius 3 is 1.77 bits per heavy atom. The van der Waals surface area contributed by atoms with Crippen molar-refractivity contribution in [2.75, 3.05) is 7.05 Å². The molecule has 0 aliphatic heterocycles. The normalized spacial score (nSPS) is 13.6. The summed E-state index contributed by atoms with van der Waals surface area (Å²) in [7, 11) is 1.88. The zero-order valence-corrected chi connectivity index (χ0v) is 17.5. The molecule has 0 radical (unpaired) electrons. The average Bonchev–Trinajstić information content (AvgIpc) is 2.61. The fraction of sp³-hybridized carbons (Fsp3) is 0.375. The number of aliphatic imine (C=N–C) groups is 1. The van der Waals surface area contributed by atoms with Crippen LogP contribution in [0.25, 0.3) is 0 Å². The van der Waals surface area contributed by atoms with Gasteiger partial charge in [0.15, 0.2) is 0 Å². The molecular weight excluding hydrogens is 316 g/mol. The lowest BCUT2D eigenvalue weighted by Crippen LogP contribution is -2.31. The smallest absolute Gasteiger partial charge is 0.124 e. The van der Waals surface area contributed by atoms with Crippen LogP contribution in [0.5, 0.6) is 0 Å². The number of allylic oxidation sites excluding steroid dienone is 8. The van der Waals surface area contributed by atoms with Gasteiger partial charge >= 0.3 is 0 Å². The molecule has 0 atom stereocenters. The summed E-state index contributed by atoms with van der Waals surface area (Å²) in [5.41, 5.74) is 3.16. The Balaban J connectivity index is 6.13. The molecule has 0 saturated heterocycles. The molecule has 0 bridgehead atoms. The van der Waals surface area contributed by atoms with E-state index in [4.69, 9.17) is 0 Å². The van der Waals surface area contributed by atoms with E-state index >= 15 is 0 Å². The molecule has 26 heavy (non-hydrogen) atoms. The SMILES string of the molecule is C=CC(=C\C=C(/C=C)C(C)(C(C)C)C(C)C)/C(C=C)=C/N(C)C(=C)N=C. The molecule has 0 N–H and O–H groups in total. The average molecular weight is 353 g/mol. The Morgan fingerprint density at radius 1 is 0.923 bits per heavy atom. The van der Waals surface area contributed by atoms with E-state index in [-0.39, 0.29) is 5.41 Å². The lowest BCUT2D eigenvalue weighted by Gasteiger charge is -2.39. The van der Waals surface area contributed by atoms with Gasteiger partial charge in [0.25, 0.3) is 0 Å². The lowest BCUT2D eigenvalue weighted by atomic mass is 9.65. The summed E-state index contributed by atoms with van der Waals surface area (Å²) < 4.78 is 0. The zero-order valence-electron chi connectivity index (χ0n) is 17.5. The fourth-order valence-corrected chi connectivity index (χ4v) is 2.90. The van der Waals surface area contributed by atoms with Gasteiger partial charge in [0.2, 0.25) is 0 Å². The lowest BCUT2D eigenvalue weighted by molar-refractivity contribution is 0.194. The monoisotopic (exact) mass is 352 g/mol. The van der Waals surface area contributed by atoms with Crippen LogP contribution in [0.3, 0.4) is 0 Å².